The van der Waals surface area contributed by atoms with Crippen LogP contribution in [0.4, 0.5) is 0 Å². The van der Waals surface area contributed by atoms with Gasteiger partial charge < -0.3 is 14.2 Å². The molecule has 0 aliphatic carbocycles. The Balaban J connectivity index is 1.50. The van der Waals surface area contributed by atoms with Crippen LogP contribution < -0.4 is 4.74 Å². The number of aryl methyl sites for hydroxylation is 1. The molecule has 0 aliphatic heterocycles. The van der Waals surface area contributed by atoms with Crippen molar-refractivity contribution in [2.45, 2.75) is 6.54 Å². The van der Waals surface area contributed by atoms with Crippen LogP contribution in [0.2, 0.25) is 0 Å². The summed E-state index contributed by atoms with van der Waals surface area (Å²) in [6.45, 7) is 0.529. The first-order chi connectivity index (χ1) is 13.6. The molecule has 1 amide bonds. The van der Waals surface area contributed by atoms with Gasteiger partial charge in [-0.1, -0.05) is 18.2 Å². The molecule has 0 saturated heterocycles. The second kappa shape index (κ2) is 7.19. The number of nitrogens with one attached hydrogen (secondary N) is 1. The van der Waals surface area contributed by atoms with E-state index in [2.05, 4.69) is 37.9 Å². The van der Waals surface area contributed by atoms with Crippen molar-refractivity contribution in [2.75, 3.05) is 14.2 Å². The van der Waals surface area contributed by atoms with Gasteiger partial charge in [0.1, 0.15) is 0 Å². The maximum atomic E-state index is 12.6. The quantitative estimate of drug-likeness (QED) is 0.544. The third-order valence-corrected chi connectivity index (χ3v) is 4.84. The lowest BCUT2D eigenvalue weighted by Crippen LogP contribution is -2.25. The maximum Gasteiger partial charge on any atom is 0.246 e. The molecule has 0 bridgehead atoms. The Kier molecular flexibility index (Phi) is 4.57. The van der Waals surface area contributed by atoms with Crippen molar-refractivity contribution in [3.8, 4) is 5.88 Å². The minimum Gasteiger partial charge on any atom is -0.479 e. The molecule has 28 heavy (non-hydrogen) atoms. The Morgan fingerprint density at radius 3 is 2.93 bits per heavy atom. The van der Waals surface area contributed by atoms with Gasteiger partial charge in [-0.25, -0.2) is 4.98 Å². The first-order valence-corrected chi connectivity index (χ1v) is 8.91. The number of hydrogen-bond acceptors (Lipinski definition) is 4. The van der Waals surface area contributed by atoms with Crippen LogP contribution >= 0.6 is 0 Å². The normalized spacial score (nSPS) is 11.5. The lowest BCUT2D eigenvalue weighted by atomic mass is 10.2. The van der Waals surface area contributed by atoms with E-state index >= 15 is 0 Å². The molecule has 4 rings (SSSR count). The smallest absolute Gasteiger partial charge is 0.246 e. The Hall–Kier alpha value is -3.61. The molecule has 0 unspecified atom stereocenters. The number of rotatable bonds is 5. The summed E-state index contributed by atoms with van der Waals surface area (Å²) in [5, 5.41) is 8.80. The monoisotopic (exact) mass is 375 g/mol. The molecule has 1 N–H and O–H groups in total. The van der Waals surface area contributed by atoms with Crippen molar-refractivity contribution >= 4 is 33.9 Å². The Labute approximate surface area is 162 Å². The van der Waals surface area contributed by atoms with Gasteiger partial charge in [0, 0.05) is 37.6 Å². The number of benzene rings is 1. The fourth-order valence-corrected chi connectivity index (χ4v) is 3.26. The number of aromatic amines is 1. The highest BCUT2D eigenvalue weighted by Crippen LogP contribution is 2.22. The zero-order chi connectivity index (χ0) is 19.7. The zero-order valence-corrected chi connectivity index (χ0v) is 16.0. The molecule has 0 fully saturated rings. The van der Waals surface area contributed by atoms with Crippen molar-refractivity contribution in [1.82, 2.24) is 24.6 Å². The third-order valence-electron chi connectivity index (χ3n) is 4.84. The van der Waals surface area contributed by atoms with Crippen LogP contribution in [0.15, 0.2) is 48.7 Å². The Morgan fingerprint density at radius 2 is 2.14 bits per heavy atom. The minimum absolute atomic E-state index is 0.0792. The van der Waals surface area contributed by atoms with Gasteiger partial charge in [-0.2, -0.15) is 0 Å². The van der Waals surface area contributed by atoms with Gasteiger partial charge >= 0.3 is 0 Å². The summed E-state index contributed by atoms with van der Waals surface area (Å²) in [4.78, 5) is 18.5. The summed E-state index contributed by atoms with van der Waals surface area (Å²) < 4.78 is 7.32. The van der Waals surface area contributed by atoms with Crippen LogP contribution in [-0.2, 0) is 18.4 Å². The van der Waals surface area contributed by atoms with Crippen LogP contribution in [0, 0.1) is 0 Å². The highest BCUT2D eigenvalue weighted by molar-refractivity contribution is 5.92. The van der Waals surface area contributed by atoms with Crippen molar-refractivity contribution in [2.24, 2.45) is 7.05 Å². The van der Waals surface area contributed by atoms with E-state index in [-0.39, 0.29) is 5.91 Å². The summed E-state index contributed by atoms with van der Waals surface area (Å²) in [7, 11) is 5.37. The number of aromatic nitrogens is 4. The van der Waals surface area contributed by atoms with Gasteiger partial charge in [-0.3, -0.25) is 9.89 Å². The number of methoxy groups -OCH3 is 1. The first-order valence-electron chi connectivity index (χ1n) is 8.91. The molecule has 1 aromatic carbocycles. The van der Waals surface area contributed by atoms with Crippen molar-refractivity contribution in [3.63, 3.8) is 0 Å². The SMILES string of the molecule is COc1n[nH]c2ncc(/C=C/C(=O)N(C)Cc3cc4ccccc4n3C)cc12. The van der Waals surface area contributed by atoms with Gasteiger partial charge in [0.25, 0.3) is 0 Å². The van der Waals surface area contributed by atoms with Crippen molar-refractivity contribution in [1.29, 1.82) is 0 Å². The van der Waals surface area contributed by atoms with Crippen LogP contribution in [0.5, 0.6) is 5.88 Å². The molecular formula is C21H21N5O2. The van der Waals surface area contributed by atoms with Crippen molar-refractivity contribution < 1.29 is 9.53 Å². The van der Waals surface area contributed by atoms with Crippen LogP contribution in [0.25, 0.3) is 28.0 Å². The number of amides is 1. The summed E-state index contributed by atoms with van der Waals surface area (Å²) in [6, 6.07) is 12.2. The topological polar surface area (TPSA) is 76.0 Å². The van der Waals surface area contributed by atoms with Crippen LogP contribution in [-0.4, -0.2) is 44.7 Å². The van der Waals surface area contributed by atoms with E-state index in [0.717, 1.165) is 22.2 Å². The molecule has 0 aliphatic rings. The number of pyridine rings is 1. The minimum atomic E-state index is -0.0792. The summed E-state index contributed by atoms with van der Waals surface area (Å²) >= 11 is 0. The Morgan fingerprint density at radius 1 is 1.32 bits per heavy atom. The largest absolute Gasteiger partial charge is 0.479 e. The van der Waals surface area contributed by atoms with Crippen molar-refractivity contribution in [3.05, 3.63) is 59.9 Å². The lowest BCUT2D eigenvalue weighted by molar-refractivity contribution is -0.125. The second-order valence-electron chi connectivity index (χ2n) is 6.68. The molecule has 142 valence electrons. The second-order valence-corrected chi connectivity index (χ2v) is 6.68. The number of fused-ring (bicyclic) bond motifs is 2. The van der Waals surface area contributed by atoms with E-state index in [1.165, 1.54) is 5.39 Å². The number of ether oxygens (including phenoxy) is 1. The first kappa shape index (κ1) is 17.8. The van der Waals surface area contributed by atoms with Crippen LogP contribution in [0.3, 0.4) is 0 Å². The van der Waals surface area contributed by atoms with Gasteiger partial charge in [0.2, 0.25) is 11.8 Å². The average molecular weight is 375 g/mol. The molecule has 7 nitrogen and oxygen atoms in total. The number of carbonyl (C=O) groups excluding carboxylic acids is 1. The molecule has 3 aromatic heterocycles. The van der Waals surface area contributed by atoms with Gasteiger partial charge in [-0.15, -0.1) is 5.10 Å². The number of likely N-dealkylation sites (N-methyl/N-ethyl adjacent to an activating group) is 1. The molecule has 4 aromatic rings. The van der Waals surface area contributed by atoms with E-state index in [1.807, 2.05) is 25.2 Å². The number of nitrogens with zero attached hydrogens (tertiary/aromatic N) is 4. The number of para-hydroxylation sites is 1. The third kappa shape index (κ3) is 3.22. The molecule has 3 heterocycles. The summed E-state index contributed by atoms with van der Waals surface area (Å²) in [6.07, 6.45) is 4.99. The molecule has 0 atom stereocenters. The molecule has 0 saturated carbocycles. The average Bonchev–Trinajstić information content (AvgIpc) is 3.26. The predicted octanol–water partition coefficient (Wildman–Crippen LogP) is 3.13. The Bertz CT molecular complexity index is 1190. The highest BCUT2D eigenvalue weighted by Gasteiger charge is 2.11. The van der Waals surface area contributed by atoms with E-state index in [4.69, 9.17) is 4.74 Å². The van der Waals surface area contributed by atoms with E-state index < -0.39 is 0 Å². The summed E-state index contributed by atoms with van der Waals surface area (Å²) in [5.74, 6) is 0.404. The maximum absolute atomic E-state index is 12.6. The molecule has 7 heteroatoms. The fourth-order valence-electron chi connectivity index (χ4n) is 3.26. The van der Waals surface area contributed by atoms with Crippen LogP contribution in [0.1, 0.15) is 11.3 Å². The lowest BCUT2D eigenvalue weighted by Gasteiger charge is -2.15. The fraction of sp³-hybridized carbons (Fsp3) is 0.190. The molecule has 0 spiro atoms. The zero-order valence-electron chi connectivity index (χ0n) is 16.0. The molecule has 0 radical (unpaired) electrons. The van der Waals surface area contributed by atoms with E-state index in [1.54, 1.807) is 37.4 Å². The van der Waals surface area contributed by atoms with E-state index in [0.29, 0.717) is 18.1 Å². The number of H-pyrrole nitrogens is 1. The van der Waals surface area contributed by atoms with E-state index in [9.17, 15) is 4.79 Å². The van der Waals surface area contributed by atoms with Gasteiger partial charge in [0.15, 0.2) is 5.65 Å². The highest BCUT2D eigenvalue weighted by atomic mass is 16.5. The standard InChI is InChI=1S/C21H21N5O2/c1-25(13-16-11-15-6-4-5-7-18(15)26(16)2)19(27)9-8-14-10-17-20(22-12-14)23-24-21(17)28-3/h4-12H,13H2,1-3H3,(H,22,23,24)/b9-8+. The van der Waals surface area contributed by atoms with Gasteiger partial charge in [0.05, 0.1) is 19.0 Å². The number of carbonyl (C=O) groups is 1. The van der Waals surface area contributed by atoms with Gasteiger partial charge in [-0.05, 0) is 35.2 Å². The number of hydrogen-bond donors (Lipinski definition) is 1. The molecular weight excluding hydrogens is 354 g/mol. The predicted molar refractivity (Wildman–Crippen MR) is 109 cm³/mol. The summed E-state index contributed by atoms with van der Waals surface area (Å²) in [5.41, 5.74) is 3.69.